The molecule has 0 unspecified atom stereocenters. The van der Waals surface area contributed by atoms with Crippen molar-refractivity contribution in [3.63, 3.8) is 0 Å². The van der Waals surface area contributed by atoms with Crippen LogP contribution in [-0.2, 0) is 11.2 Å². The topological polar surface area (TPSA) is 68.0 Å². The van der Waals surface area contributed by atoms with Crippen LogP contribution in [0.25, 0.3) is 11.4 Å². The Balaban J connectivity index is 1.36. The van der Waals surface area contributed by atoms with Gasteiger partial charge >= 0.3 is 0 Å². The van der Waals surface area contributed by atoms with Crippen molar-refractivity contribution < 1.29 is 18.1 Å². The highest BCUT2D eigenvalue weighted by Crippen LogP contribution is 2.16. The molecule has 1 amide bonds. The van der Waals surface area contributed by atoms with Crippen molar-refractivity contribution in [2.75, 3.05) is 16.8 Å². The number of benzene rings is 2. The van der Waals surface area contributed by atoms with Crippen molar-refractivity contribution in [3.8, 4) is 11.4 Å². The molecule has 2 aromatic carbocycles. The van der Waals surface area contributed by atoms with Gasteiger partial charge in [-0.25, -0.2) is 8.78 Å². The molecule has 27 heavy (non-hydrogen) atoms. The van der Waals surface area contributed by atoms with E-state index < -0.39 is 11.6 Å². The van der Waals surface area contributed by atoms with Crippen molar-refractivity contribution in [3.05, 3.63) is 66.1 Å². The van der Waals surface area contributed by atoms with E-state index in [4.69, 9.17) is 4.52 Å². The lowest BCUT2D eigenvalue weighted by atomic mass is 10.2. The number of aryl methyl sites for hydroxylation is 1. The van der Waals surface area contributed by atoms with E-state index in [0.29, 0.717) is 18.1 Å². The first-order valence-electron chi connectivity index (χ1n) is 8.32. The third-order valence-corrected chi connectivity index (χ3v) is 4.66. The zero-order valence-corrected chi connectivity index (χ0v) is 15.1. The number of hydrogen-bond acceptors (Lipinski definition) is 5. The average molecular weight is 389 g/mol. The summed E-state index contributed by atoms with van der Waals surface area (Å²) in [5.41, 5.74) is 1.13. The number of thioether (sulfide) groups is 1. The lowest BCUT2D eigenvalue weighted by molar-refractivity contribution is -0.113. The Hall–Kier alpha value is -2.74. The van der Waals surface area contributed by atoms with Gasteiger partial charge in [0.15, 0.2) is 11.6 Å². The van der Waals surface area contributed by atoms with E-state index in [0.717, 1.165) is 29.9 Å². The molecule has 0 saturated heterocycles. The van der Waals surface area contributed by atoms with Crippen molar-refractivity contribution in [2.24, 2.45) is 0 Å². The molecule has 0 bridgehead atoms. The Kier molecular flexibility index (Phi) is 6.54. The van der Waals surface area contributed by atoms with Crippen LogP contribution >= 0.6 is 11.8 Å². The van der Waals surface area contributed by atoms with Crippen molar-refractivity contribution in [1.29, 1.82) is 0 Å². The normalized spacial score (nSPS) is 10.7. The predicted octanol–water partition coefficient (Wildman–Crippen LogP) is 4.32. The minimum Gasteiger partial charge on any atom is -0.339 e. The SMILES string of the molecule is O=C(CSCCCc1nc(-c2ccccc2)no1)Nc1ccc(F)c(F)c1. The van der Waals surface area contributed by atoms with Crippen LogP contribution < -0.4 is 5.32 Å². The van der Waals surface area contributed by atoms with Crippen LogP contribution in [0.3, 0.4) is 0 Å². The summed E-state index contributed by atoms with van der Waals surface area (Å²) in [6.07, 6.45) is 1.40. The van der Waals surface area contributed by atoms with Crippen LogP contribution in [-0.4, -0.2) is 27.6 Å². The number of anilines is 1. The summed E-state index contributed by atoms with van der Waals surface area (Å²) < 4.78 is 31.2. The van der Waals surface area contributed by atoms with Crippen LogP contribution in [0.1, 0.15) is 12.3 Å². The smallest absolute Gasteiger partial charge is 0.234 e. The van der Waals surface area contributed by atoms with E-state index >= 15 is 0 Å². The summed E-state index contributed by atoms with van der Waals surface area (Å²) >= 11 is 1.44. The fourth-order valence-corrected chi connectivity index (χ4v) is 3.07. The molecular formula is C19H17F2N3O2S. The Bertz CT molecular complexity index is 903. The molecule has 0 radical (unpaired) electrons. The summed E-state index contributed by atoms with van der Waals surface area (Å²) in [6.45, 7) is 0. The van der Waals surface area contributed by atoms with E-state index in [2.05, 4.69) is 15.5 Å². The van der Waals surface area contributed by atoms with Crippen LogP contribution in [0.5, 0.6) is 0 Å². The highest BCUT2D eigenvalue weighted by Gasteiger charge is 2.09. The fraction of sp³-hybridized carbons (Fsp3) is 0.211. The largest absolute Gasteiger partial charge is 0.339 e. The standard InChI is InChI=1S/C19H17F2N3O2S/c20-15-9-8-14(11-16(15)21)22-17(25)12-27-10-4-7-18-23-19(24-26-18)13-5-2-1-3-6-13/h1-3,5-6,8-9,11H,4,7,10,12H2,(H,22,25). The van der Waals surface area contributed by atoms with Gasteiger partial charge in [0, 0.05) is 23.7 Å². The summed E-state index contributed by atoms with van der Waals surface area (Å²) in [7, 11) is 0. The first-order valence-corrected chi connectivity index (χ1v) is 9.48. The molecule has 1 heterocycles. The van der Waals surface area contributed by atoms with E-state index in [1.165, 1.54) is 17.8 Å². The number of aromatic nitrogens is 2. The minimum absolute atomic E-state index is 0.220. The zero-order valence-electron chi connectivity index (χ0n) is 14.3. The number of amides is 1. The van der Waals surface area contributed by atoms with Gasteiger partial charge in [0.1, 0.15) is 0 Å². The van der Waals surface area contributed by atoms with Gasteiger partial charge in [-0.15, -0.1) is 0 Å². The Morgan fingerprint density at radius 2 is 1.93 bits per heavy atom. The summed E-state index contributed by atoms with van der Waals surface area (Å²) in [5, 5.41) is 6.49. The zero-order chi connectivity index (χ0) is 19.1. The summed E-state index contributed by atoms with van der Waals surface area (Å²) in [4.78, 5) is 16.2. The van der Waals surface area contributed by atoms with Gasteiger partial charge in [-0.3, -0.25) is 4.79 Å². The second-order valence-electron chi connectivity index (χ2n) is 5.71. The van der Waals surface area contributed by atoms with Crippen LogP contribution in [0.2, 0.25) is 0 Å². The highest BCUT2D eigenvalue weighted by molar-refractivity contribution is 7.99. The maximum absolute atomic E-state index is 13.1. The predicted molar refractivity (Wildman–Crippen MR) is 100 cm³/mol. The van der Waals surface area contributed by atoms with Crippen LogP contribution in [0.4, 0.5) is 14.5 Å². The molecule has 0 aliphatic carbocycles. The van der Waals surface area contributed by atoms with E-state index in [-0.39, 0.29) is 17.3 Å². The third kappa shape index (κ3) is 5.62. The molecule has 0 aliphatic heterocycles. The van der Waals surface area contributed by atoms with E-state index in [1.54, 1.807) is 0 Å². The van der Waals surface area contributed by atoms with Crippen molar-refractivity contribution >= 4 is 23.4 Å². The molecule has 0 saturated carbocycles. The number of rotatable bonds is 8. The second-order valence-corrected chi connectivity index (χ2v) is 6.82. The molecular weight excluding hydrogens is 372 g/mol. The maximum atomic E-state index is 13.1. The molecule has 1 N–H and O–H groups in total. The molecule has 5 nitrogen and oxygen atoms in total. The Morgan fingerprint density at radius 1 is 1.11 bits per heavy atom. The average Bonchev–Trinajstić information content (AvgIpc) is 3.14. The number of hydrogen-bond donors (Lipinski definition) is 1. The van der Waals surface area contributed by atoms with Gasteiger partial charge in [0.2, 0.25) is 17.6 Å². The lowest BCUT2D eigenvalue weighted by Gasteiger charge is -2.05. The number of nitrogens with zero attached hydrogens (tertiary/aromatic N) is 2. The van der Waals surface area contributed by atoms with Gasteiger partial charge < -0.3 is 9.84 Å². The molecule has 3 rings (SSSR count). The van der Waals surface area contributed by atoms with Gasteiger partial charge in [0.05, 0.1) is 5.75 Å². The number of carbonyl (C=O) groups excluding carboxylic acids is 1. The quantitative estimate of drug-likeness (QED) is 0.581. The van der Waals surface area contributed by atoms with E-state index in [1.807, 2.05) is 30.3 Å². The van der Waals surface area contributed by atoms with Gasteiger partial charge in [-0.05, 0) is 24.3 Å². The Morgan fingerprint density at radius 3 is 2.70 bits per heavy atom. The van der Waals surface area contributed by atoms with E-state index in [9.17, 15) is 13.6 Å². The second kappa shape index (κ2) is 9.27. The van der Waals surface area contributed by atoms with Gasteiger partial charge in [-0.1, -0.05) is 35.5 Å². The van der Waals surface area contributed by atoms with Gasteiger partial charge in [-0.2, -0.15) is 16.7 Å². The lowest BCUT2D eigenvalue weighted by Crippen LogP contribution is -2.14. The van der Waals surface area contributed by atoms with Crippen LogP contribution in [0.15, 0.2) is 53.1 Å². The molecule has 140 valence electrons. The maximum Gasteiger partial charge on any atom is 0.234 e. The molecule has 3 aromatic rings. The van der Waals surface area contributed by atoms with Crippen LogP contribution in [0, 0.1) is 11.6 Å². The molecule has 0 fully saturated rings. The first-order chi connectivity index (χ1) is 13.1. The fourth-order valence-electron chi connectivity index (χ4n) is 2.32. The summed E-state index contributed by atoms with van der Waals surface area (Å²) in [5.74, 6) is -0.138. The third-order valence-electron chi connectivity index (χ3n) is 3.62. The summed E-state index contributed by atoms with van der Waals surface area (Å²) in [6, 6.07) is 12.8. The monoisotopic (exact) mass is 389 g/mol. The minimum atomic E-state index is -0.991. The van der Waals surface area contributed by atoms with Crippen molar-refractivity contribution in [2.45, 2.75) is 12.8 Å². The number of halogens is 2. The first kappa shape index (κ1) is 19.0. The molecule has 1 aromatic heterocycles. The van der Waals surface area contributed by atoms with Crippen molar-refractivity contribution in [1.82, 2.24) is 10.1 Å². The highest BCUT2D eigenvalue weighted by atomic mass is 32.2. The Labute approximate surface area is 159 Å². The number of carbonyl (C=O) groups is 1. The molecule has 0 aliphatic rings. The van der Waals surface area contributed by atoms with Gasteiger partial charge in [0.25, 0.3) is 0 Å². The molecule has 8 heteroatoms. The molecule has 0 spiro atoms. The molecule has 0 atom stereocenters. The number of nitrogens with one attached hydrogen (secondary N) is 1.